The van der Waals surface area contributed by atoms with E-state index in [-0.39, 0.29) is 6.04 Å². The number of hydrogen-bond donors (Lipinski definition) is 0. The Morgan fingerprint density at radius 2 is 1.82 bits per heavy atom. The van der Waals surface area contributed by atoms with Crippen molar-refractivity contribution in [1.29, 1.82) is 0 Å². The first kappa shape index (κ1) is 15.2. The van der Waals surface area contributed by atoms with Crippen molar-refractivity contribution in [2.24, 2.45) is 0 Å². The minimum atomic E-state index is 0.162. The molecule has 0 aromatic carbocycles. The number of oxazole rings is 1. The lowest BCUT2D eigenvalue weighted by Crippen LogP contribution is -2.46. The molecule has 3 heterocycles. The molecule has 7 nitrogen and oxygen atoms in total. The van der Waals surface area contributed by atoms with Gasteiger partial charge in [0.15, 0.2) is 5.82 Å². The predicted octanol–water partition coefficient (Wildman–Crippen LogP) is 1.86. The quantitative estimate of drug-likeness (QED) is 0.853. The molecule has 0 spiro atoms. The molecule has 7 heteroatoms. The van der Waals surface area contributed by atoms with Crippen LogP contribution in [0.1, 0.15) is 42.0 Å². The summed E-state index contributed by atoms with van der Waals surface area (Å²) in [7, 11) is 0. The topological polar surface area (TPSA) is 71.4 Å². The zero-order valence-electron chi connectivity index (χ0n) is 13.7. The van der Waals surface area contributed by atoms with Crippen LogP contribution < -0.4 is 0 Å². The maximum atomic E-state index is 5.66. The fraction of sp³-hybridized carbons (Fsp3) is 0.667. The first-order valence-corrected chi connectivity index (χ1v) is 7.72. The average Bonchev–Trinajstić information content (AvgIpc) is 3.06. The van der Waals surface area contributed by atoms with Crippen molar-refractivity contribution in [2.45, 2.75) is 40.3 Å². The van der Waals surface area contributed by atoms with E-state index in [0.29, 0.717) is 11.7 Å². The highest BCUT2D eigenvalue weighted by molar-refractivity contribution is 5.05. The van der Waals surface area contributed by atoms with Gasteiger partial charge in [-0.05, 0) is 27.7 Å². The second-order valence-corrected chi connectivity index (χ2v) is 5.92. The predicted molar refractivity (Wildman–Crippen MR) is 80.3 cm³/mol. The lowest BCUT2D eigenvalue weighted by molar-refractivity contribution is 0.0796. The van der Waals surface area contributed by atoms with Crippen molar-refractivity contribution < 1.29 is 8.94 Å². The third kappa shape index (κ3) is 3.20. The number of nitrogens with zero attached hydrogens (tertiary/aromatic N) is 5. The molecule has 0 saturated carbocycles. The van der Waals surface area contributed by atoms with Gasteiger partial charge < -0.3 is 8.94 Å². The van der Waals surface area contributed by atoms with E-state index in [1.54, 1.807) is 0 Å². The van der Waals surface area contributed by atoms with Crippen LogP contribution in [0.25, 0.3) is 0 Å². The van der Waals surface area contributed by atoms with Gasteiger partial charge in [-0.15, -0.1) is 0 Å². The molecule has 120 valence electrons. The highest BCUT2D eigenvalue weighted by atomic mass is 16.5. The molecule has 1 aliphatic rings. The molecule has 1 fully saturated rings. The lowest BCUT2D eigenvalue weighted by atomic mass is 10.2. The number of piperazine rings is 1. The van der Waals surface area contributed by atoms with E-state index in [0.717, 1.165) is 50.1 Å². The highest BCUT2D eigenvalue weighted by Gasteiger charge is 2.26. The molecule has 1 saturated heterocycles. The number of aromatic nitrogens is 3. The summed E-state index contributed by atoms with van der Waals surface area (Å²) in [6.45, 7) is 12.6. The van der Waals surface area contributed by atoms with E-state index < -0.39 is 0 Å². The zero-order valence-corrected chi connectivity index (χ0v) is 13.7. The van der Waals surface area contributed by atoms with Gasteiger partial charge in [0.2, 0.25) is 11.8 Å². The van der Waals surface area contributed by atoms with Crippen LogP contribution in [0.4, 0.5) is 0 Å². The van der Waals surface area contributed by atoms with E-state index in [4.69, 9.17) is 8.94 Å². The maximum absolute atomic E-state index is 5.66. The summed E-state index contributed by atoms with van der Waals surface area (Å²) in [5.74, 6) is 3.11. The van der Waals surface area contributed by atoms with Gasteiger partial charge in [-0.3, -0.25) is 9.80 Å². The number of rotatable bonds is 4. The fourth-order valence-corrected chi connectivity index (χ4v) is 2.75. The molecule has 1 atom stereocenters. The van der Waals surface area contributed by atoms with Crippen LogP contribution in [0, 0.1) is 20.8 Å². The Morgan fingerprint density at radius 3 is 2.36 bits per heavy atom. The Labute approximate surface area is 130 Å². The fourth-order valence-electron chi connectivity index (χ4n) is 2.75. The molecule has 0 N–H and O–H groups in total. The van der Waals surface area contributed by atoms with Gasteiger partial charge in [-0.25, -0.2) is 4.98 Å². The molecular formula is C15H23N5O2. The monoisotopic (exact) mass is 305 g/mol. The summed E-state index contributed by atoms with van der Waals surface area (Å²) < 4.78 is 10.9. The van der Waals surface area contributed by atoms with Crippen molar-refractivity contribution in [1.82, 2.24) is 24.9 Å². The molecule has 3 rings (SSSR count). The van der Waals surface area contributed by atoms with Crippen molar-refractivity contribution in [3.05, 3.63) is 29.1 Å². The Morgan fingerprint density at radius 1 is 1.09 bits per heavy atom. The first-order chi connectivity index (χ1) is 10.5. The van der Waals surface area contributed by atoms with Crippen LogP contribution in [0.3, 0.4) is 0 Å². The Kier molecular flexibility index (Phi) is 4.26. The summed E-state index contributed by atoms with van der Waals surface area (Å²) in [6.07, 6.45) is 0. The molecule has 0 aliphatic carbocycles. The third-order valence-electron chi connectivity index (χ3n) is 4.29. The van der Waals surface area contributed by atoms with Crippen LogP contribution in [-0.2, 0) is 6.54 Å². The standard InChI is InChI=1S/C15H23N5O2/c1-10-12(3)21-14(16-10)9-19-5-7-20(8-6-19)11(2)15-17-13(4)18-22-15/h11H,5-9H2,1-4H3/t11-/m0/s1. The zero-order chi connectivity index (χ0) is 15.7. The van der Waals surface area contributed by atoms with Crippen LogP contribution in [0.5, 0.6) is 0 Å². The molecule has 2 aromatic rings. The molecule has 1 aliphatic heterocycles. The van der Waals surface area contributed by atoms with E-state index in [1.807, 2.05) is 20.8 Å². The van der Waals surface area contributed by atoms with Gasteiger partial charge >= 0.3 is 0 Å². The van der Waals surface area contributed by atoms with Gasteiger partial charge in [-0.1, -0.05) is 5.16 Å². The molecule has 2 aromatic heterocycles. The van der Waals surface area contributed by atoms with Crippen molar-refractivity contribution in [3.8, 4) is 0 Å². The summed E-state index contributed by atoms with van der Waals surface area (Å²) in [5.41, 5.74) is 0.981. The number of hydrogen-bond acceptors (Lipinski definition) is 7. The molecule has 0 amide bonds. The Balaban J connectivity index is 1.53. The molecule has 22 heavy (non-hydrogen) atoms. The van der Waals surface area contributed by atoms with Crippen molar-refractivity contribution in [3.63, 3.8) is 0 Å². The van der Waals surface area contributed by atoms with E-state index in [1.165, 1.54) is 0 Å². The van der Waals surface area contributed by atoms with Gasteiger partial charge in [0.1, 0.15) is 5.76 Å². The second-order valence-electron chi connectivity index (χ2n) is 5.92. The normalized spacial score (nSPS) is 18.7. The number of aryl methyl sites for hydroxylation is 3. The van der Waals surface area contributed by atoms with Gasteiger partial charge in [0, 0.05) is 26.2 Å². The average molecular weight is 305 g/mol. The SMILES string of the molecule is Cc1noc([C@H](C)N2CCN(Cc3nc(C)c(C)o3)CC2)n1. The Hall–Kier alpha value is -1.73. The van der Waals surface area contributed by atoms with Crippen molar-refractivity contribution in [2.75, 3.05) is 26.2 Å². The van der Waals surface area contributed by atoms with Crippen LogP contribution in [-0.4, -0.2) is 51.1 Å². The highest BCUT2D eigenvalue weighted by Crippen LogP contribution is 2.20. The summed E-state index contributed by atoms with van der Waals surface area (Å²) >= 11 is 0. The summed E-state index contributed by atoms with van der Waals surface area (Å²) in [6, 6.07) is 0.162. The smallest absolute Gasteiger partial charge is 0.243 e. The second kappa shape index (κ2) is 6.18. The minimum Gasteiger partial charge on any atom is -0.444 e. The molecule has 0 bridgehead atoms. The summed E-state index contributed by atoms with van der Waals surface area (Å²) in [5, 5.41) is 3.87. The first-order valence-electron chi connectivity index (χ1n) is 7.72. The van der Waals surface area contributed by atoms with Crippen LogP contribution in [0.2, 0.25) is 0 Å². The lowest BCUT2D eigenvalue weighted by Gasteiger charge is -2.36. The molecule has 0 radical (unpaired) electrons. The Bertz CT molecular complexity index is 608. The van der Waals surface area contributed by atoms with Gasteiger partial charge in [0.05, 0.1) is 18.3 Å². The maximum Gasteiger partial charge on any atom is 0.243 e. The van der Waals surface area contributed by atoms with E-state index >= 15 is 0 Å². The van der Waals surface area contributed by atoms with Gasteiger partial charge in [0.25, 0.3) is 0 Å². The third-order valence-corrected chi connectivity index (χ3v) is 4.29. The van der Waals surface area contributed by atoms with Crippen LogP contribution >= 0.6 is 0 Å². The van der Waals surface area contributed by atoms with Crippen LogP contribution in [0.15, 0.2) is 8.94 Å². The van der Waals surface area contributed by atoms with E-state index in [9.17, 15) is 0 Å². The minimum absolute atomic E-state index is 0.162. The summed E-state index contributed by atoms with van der Waals surface area (Å²) in [4.78, 5) is 13.5. The molecular weight excluding hydrogens is 282 g/mol. The van der Waals surface area contributed by atoms with E-state index in [2.05, 4.69) is 31.8 Å². The largest absolute Gasteiger partial charge is 0.444 e. The van der Waals surface area contributed by atoms with Crippen molar-refractivity contribution >= 4 is 0 Å². The molecule has 0 unspecified atom stereocenters. The van der Waals surface area contributed by atoms with Gasteiger partial charge in [-0.2, -0.15) is 4.98 Å².